The van der Waals surface area contributed by atoms with Gasteiger partial charge in [-0.2, -0.15) is 5.10 Å². The fraction of sp³-hybridized carbons (Fsp3) is 0.0244. The van der Waals surface area contributed by atoms with E-state index in [2.05, 4.69) is 108 Å². The third-order valence-corrected chi connectivity index (χ3v) is 9.05. The summed E-state index contributed by atoms with van der Waals surface area (Å²) in [6.45, 7) is 0. The van der Waals surface area contributed by atoms with Gasteiger partial charge in [0.1, 0.15) is 11.5 Å². The van der Waals surface area contributed by atoms with Crippen LogP contribution in [0.15, 0.2) is 164 Å². The minimum atomic E-state index is -0.656. The van der Waals surface area contributed by atoms with Crippen molar-refractivity contribution >= 4 is 21.5 Å². The van der Waals surface area contributed by atoms with Gasteiger partial charge in [-0.15, -0.1) is 0 Å². The van der Waals surface area contributed by atoms with Gasteiger partial charge in [-0.25, -0.2) is 4.68 Å². The number of fused-ring (bicyclic) bond motifs is 7. The molecule has 4 nitrogen and oxygen atoms in total. The van der Waals surface area contributed by atoms with E-state index in [0.29, 0.717) is 0 Å². The van der Waals surface area contributed by atoms with Crippen molar-refractivity contribution in [3.8, 4) is 28.3 Å². The summed E-state index contributed by atoms with van der Waals surface area (Å²) in [5, 5.41) is 9.32. The van der Waals surface area contributed by atoms with Gasteiger partial charge in [-0.1, -0.05) is 97.1 Å². The predicted octanol–water partition coefficient (Wildman–Crippen LogP) is 9.73. The van der Waals surface area contributed by atoms with Crippen molar-refractivity contribution in [2.75, 3.05) is 0 Å². The molecule has 0 fully saturated rings. The van der Waals surface area contributed by atoms with Crippen LogP contribution in [0.4, 0.5) is 0 Å². The molecule has 9 rings (SSSR count). The fourth-order valence-corrected chi connectivity index (χ4v) is 7.21. The highest BCUT2D eigenvalue weighted by Crippen LogP contribution is 2.59. The van der Waals surface area contributed by atoms with Crippen molar-refractivity contribution in [3.05, 3.63) is 187 Å². The fourth-order valence-electron chi connectivity index (χ4n) is 7.21. The second kappa shape index (κ2) is 10.0. The maximum Gasteiger partial charge on any atom is 0.129 e. The maximum atomic E-state index is 6.55. The van der Waals surface area contributed by atoms with E-state index >= 15 is 0 Å². The van der Waals surface area contributed by atoms with Gasteiger partial charge in [-0.05, 0) is 91.8 Å². The summed E-state index contributed by atoms with van der Waals surface area (Å²) in [6, 6.07) is 51.2. The molecule has 2 heterocycles. The minimum absolute atomic E-state index is 0.656. The van der Waals surface area contributed by atoms with Crippen LogP contribution in [0.1, 0.15) is 22.4 Å². The lowest BCUT2D eigenvalue weighted by molar-refractivity contribution is 0.480. The van der Waals surface area contributed by atoms with Crippen LogP contribution in [0.2, 0.25) is 0 Å². The zero-order valence-corrected chi connectivity index (χ0v) is 24.3. The summed E-state index contributed by atoms with van der Waals surface area (Å²) in [5.74, 6) is 1.51. The number of nitrogens with zero attached hydrogens (tertiary/aromatic N) is 3. The second-order valence-electron chi connectivity index (χ2n) is 11.5. The molecule has 45 heavy (non-hydrogen) atoms. The van der Waals surface area contributed by atoms with E-state index in [1.54, 1.807) is 6.20 Å². The zero-order valence-electron chi connectivity index (χ0n) is 24.3. The van der Waals surface area contributed by atoms with Crippen LogP contribution in [0.25, 0.3) is 38.4 Å². The lowest BCUT2D eigenvalue weighted by Crippen LogP contribution is -2.29. The Balaban J connectivity index is 1.31. The first-order valence-corrected chi connectivity index (χ1v) is 15.2. The topological polar surface area (TPSA) is 39.9 Å². The van der Waals surface area contributed by atoms with E-state index in [4.69, 9.17) is 9.72 Å². The molecule has 0 amide bonds. The molecular weight excluding hydrogens is 550 g/mol. The van der Waals surface area contributed by atoms with E-state index < -0.39 is 5.41 Å². The molecule has 4 heteroatoms. The summed E-state index contributed by atoms with van der Waals surface area (Å²) in [4.78, 5) is 5.07. The van der Waals surface area contributed by atoms with Crippen LogP contribution < -0.4 is 4.74 Å². The third kappa shape index (κ3) is 3.86. The lowest BCUT2D eigenvalue weighted by Gasteiger charge is -2.33. The van der Waals surface area contributed by atoms with Crippen molar-refractivity contribution in [2.24, 2.45) is 0 Å². The number of rotatable bonds is 5. The molecule has 0 bridgehead atoms. The second-order valence-corrected chi connectivity index (χ2v) is 11.5. The summed E-state index contributed by atoms with van der Waals surface area (Å²) >= 11 is 0. The summed E-state index contributed by atoms with van der Waals surface area (Å²) < 4.78 is 8.39. The van der Waals surface area contributed by atoms with E-state index in [1.165, 1.54) is 43.8 Å². The average Bonchev–Trinajstić information content (AvgIpc) is 3.75. The smallest absolute Gasteiger partial charge is 0.129 e. The van der Waals surface area contributed by atoms with Crippen LogP contribution in [-0.4, -0.2) is 14.8 Å². The molecule has 0 spiro atoms. The normalized spacial score (nSPS) is 13.1. The Morgan fingerprint density at radius 3 is 1.87 bits per heavy atom. The van der Waals surface area contributed by atoms with E-state index in [0.717, 1.165) is 28.4 Å². The van der Waals surface area contributed by atoms with E-state index in [1.807, 2.05) is 59.5 Å². The van der Waals surface area contributed by atoms with Gasteiger partial charge in [0.25, 0.3) is 0 Å². The Morgan fingerprint density at radius 1 is 0.533 bits per heavy atom. The SMILES string of the molecule is c1ccc(C2(c3cccc(Oc4cccc(-n5cccn5)c4)c3)c3ccc4ccccc4c3-c3c2ccc2ccccc32)nc1. The number of aromatic nitrogens is 3. The predicted molar refractivity (Wildman–Crippen MR) is 180 cm³/mol. The maximum absolute atomic E-state index is 6.55. The van der Waals surface area contributed by atoms with Gasteiger partial charge >= 0.3 is 0 Å². The summed E-state index contributed by atoms with van der Waals surface area (Å²) in [5.41, 5.74) is 7.36. The summed E-state index contributed by atoms with van der Waals surface area (Å²) in [7, 11) is 0. The molecule has 1 aliphatic rings. The molecule has 6 aromatic carbocycles. The molecule has 0 atom stereocenters. The highest BCUT2D eigenvalue weighted by molar-refractivity contribution is 6.12. The van der Waals surface area contributed by atoms with Crippen LogP contribution in [-0.2, 0) is 5.41 Å². The molecule has 0 saturated carbocycles. The van der Waals surface area contributed by atoms with Gasteiger partial charge in [0.15, 0.2) is 0 Å². The van der Waals surface area contributed by atoms with Gasteiger partial charge in [0.05, 0.1) is 16.8 Å². The number of ether oxygens (including phenoxy) is 1. The Labute approximate surface area is 260 Å². The average molecular weight is 578 g/mol. The van der Waals surface area contributed by atoms with Crippen molar-refractivity contribution in [3.63, 3.8) is 0 Å². The lowest BCUT2D eigenvalue weighted by atomic mass is 9.69. The first-order chi connectivity index (χ1) is 22.3. The molecular formula is C41H27N3O. The highest BCUT2D eigenvalue weighted by atomic mass is 16.5. The van der Waals surface area contributed by atoms with E-state index in [9.17, 15) is 0 Å². The molecule has 8 aromatic rings. The molecule has 212 valence electrons. The standard InChI is InChI=1S/C41H27N3O/c1-3-16-34-28(10-1)19-21-36-39(34)40-35-17-4-2-11-29(35)20-22-37(40)41(36,38-18-5-6-23-42-38)30-12-7-14-32(26-30)45-33-15-8-13-31(27-33)44-25-9-24-43-44/h1-27H. The number of benzene rings is 6. The Kier molecular flexibility index (Phi) is 5.69. The van der Waals surface area contributed by atoms with Gasteiger partial charge in [0.2, 0.25) is 0 Å². The minimum Gasteiger partial charge on any atom is -0.457 e. The Morgan fingerprint density at radius 2 is 1.20 bits per heavy atom. The monoisotopic (exact) mass is 577 g/mol. The Bertz CT molecular complexity index is 2270. The third-order valence-electron chi connectivity index (χ3n) is 9.05. The van der Waals surface area contributed by atoms with Crippen molar-refractivity contribution in [1.29, 1.82) is 0 Å². The van der Waals surface area contributed by atoms with Gasteiger partial charge < -0.3 is 4.74 Å². The molecule has 1 aliphatic carbocycles. The molecule has 0 saturated heterocycles. The van der Waals surface area contributed by atoms with Crippen molar-refractivity contribution in [2.45, 2.75) is 5.41 Å². The van der Waals surface area contributed by atoms with Crippen LogP contribution >= 0.6 is 0 Å². The van der Waals surface area contributed by atoms with Gasteiger partial charge in [0, 0.05) is 24.7 Å². The summed E-state index contributed by atoms with van der Waals surface area (Å²) in [6.07, 6.45) is 5.61. The highest BCUT2D eigenvalue weighted by Gasteiger charge is 2.48. The molecule has 0 N–H and O–H groups in total. The first-order valence-electron chi connectivity index (χ1n) is 15.2. The van der Waals surface area contributed by atoms with Crippen LogP contribution in [0.3, 0.4) is 0 Å². The van der Waals surface area contributed by atoms with Crippen LogP contribution in [0, 0.1) is 0 Å². The van der Waals surface area contributed by atoms with E-state index in [-0.39, 0.29) is 0 Å². The molecule has 0 unspecified atom stereocenters. The quantitative estimate of drug-likeness (QED) is 0.204. The largest absolute Gasteiger partial charge is 0.457 e. The van der Waals surface area contributed by atoms with Crippen LogP contribution in [0.5, 0.6) is 11.5 Å². The number of hydrogen-bond donors (Lipinski definition) is 0. The van der Waals surface area contributed by atoms with Crippen molar-refractivity contribution in [1.82, 2.24) is 14.8 Å². The van der Waals surface area contributed by atoms with Gasteiger partial charge in [-0.3, -0.25) is 4.98 Å². The number of pyridine rings is 1. The number of hydrogen-bond acceptors (Lipinski definition) is 3. The first kappa shape index (κ1) is 25.5. The molecule has 0 radical (unpaired) electrons. The zero-order chi connectivity index (χ0) is 29.8. The Hall–Kier alpha value is -6.00. The molecule has 2 aromatic heterocycles. The molecule has 0 aliphatic heterocycles. The van der Waals surface area contributed by atoms with Crippen molar-refractivity contribution < 1.29 is 4.74 Å².